The van der Waals surface area contributed by atoms with Crippen LogP contribution in [0.2, 0.25) is 0 Å². The maximum absolute atomic E-state index is 3.33. The molecule has 1 heteroatoms. The van der Waals surface area contributed by atoms with Crippen molar-refractivity contribution in [2.75, 3.05) is 19.6 Å². The molecule has 0 saturated carbocycles. The van der Waals surface area contributed by atoms with Crippen LogP contribution in [0.3, 0.4) is 0 Å². The number of hydrogen-bond donors (Lipinski definition) is 0. The highest BCUT2D eigenvalue weighted by atomic mass is 15.1. The number of hydrogen-bond acceptors (Lipinski definition) is 1. The van der Waals surface area contributed by atoms with Gasteiger partial charge in [-0.1, -0.05) is 19.8 Å². The number of rotatable bonds is 4. The smallest absolute Gasteiger partial charge is 0.00505 e. The molecule has 1 rings (SSSR count). The lowest BCUT2D eigenvalue weighted by Gasteiger charge is -2.12. The predicted molar refractivity (Wildman–Crippen MR) is 43.8 cm³/mol. The fraction of sp³-hybridized carbons (Fsp3) is 0.889. The van der Waals surface area contributed by atoms with Gasteiger partial charge in [0, 0.05) is 6.54 Å². The molecule has 10 heavy (non-hydrogen) atoms. The first kappa shape index (κ1) is 8.06. The van der Waals surface area contributed by atoms with Gasteiger partial charge < -0.3 is 4.90 Å². The molecule has 0 aromatic carbocycles. The lowest BCUT2D eigenvalue weighted by Crippen LogP contribution is -2.20. The van der Waals surface area contributed by atoms with E-state index < -0.39 is 0 Å². The molecule has 0 amide bonds. The Morgan fingerprint density at radius 2 is 2.30 bits per heavy atom. The van der Waals surface area contributed by atoms with E-state index in [1.165, 1.54) is 38.8 Å². The minimum atomic E-state index is 1.11. The molecule has 2 radical (unpaired) electrons. The Labute approximate surface area is 64.4 Å². The second-order valence-corrected chi connectivity index (χ2v) is 2.98. The van der Waals surface area contributed by atoms with Gasteiger partial charge in [0.15, 0.2) is 0 Å². The highest BCUT2D eigenvalue weighted by Gasteiger charge is 2.10. The van der Waals surface area contributed by atoms with Crippen molar-refractivity contribution in [2.24, 2.45) is 0 Å². The second kappa shape index (κ2) is 4.73. The summed E-state index contributed by atoms with van der Waals surface area (Å²) in [4.78, 5) is 2.48. The summed E-state index contributed by atoms with van der Waals surface area (Å²) in [5, 5.41) is 0. The maximum atomic E-state index is 3.33. The second-order valence-electron chi connectivity index (χ2n) is 2.98. The van der Waals surface area contributed by atoms with Crippen molar-refractivity contribution in [3.05, 3.63) is 6.42 Å². The van der Waals surface area contributed by atoms with E-state index in [1.807, 2.05) is 0 Å². The zero-order chi connectivity index (χ0) is 7.23. The van der Waals surface area contributed by atoms with Crippen molar-refractivity contribution >= 4 is 0 Å². The van der Waals surface area contributed by atoms with Crippen LogP contribution in [0.25, 0.3) is 0 Å². The van der Waals surface area contributed by atoms with Crippen LogP contribution in [0.1, 0.15) is 32.6 Å². The number of likely N-dealkylation sites (tertiary alicyclic amines) is 1. The summed E-state index contributed by atoms with van der Waals surface area (Å²) in [6, 6.07) is 0. The minimum Gasteiger partial charge on any atom is -0.303 e. The predicted octanol–water partition coefficient (Wildman–Crippen LogP) is 1.96. The standard InChI is InChI=1S/C9H17N/c1-2-3-4-7-10-8-5-6-9-10/h2-5,7-9H2,1H3. The molecule has 0 spiro atoms. The van der Waals surface area contributed by atoms with Crippen LogP contribution in [0.4, 0.5) is 0 Å². The van der Waals surface area contributed by atoms with Crippen LogP contribution in [0, 0.1) is 6.42 Å². The molecule has 0 aliphatic carbocycles. The molecule has 1 fully saturated rings. The first-order chi connectivity index (χ1) is 4.93. The third-order valence-electron chi connectivity index (χ3n) is 2.02. The summed E-state index contributed by atoms with van der Waals surface area (Å²) in [6.45, 7) is 5.91. The quantitative estimate of drug-likeness (QED) is 0.538. The molecule has 1 heterocycles. The molecule has 1 aliphatic rings. The Kier molecular flexibility index (Phi) is 3.81. The summed E-state index contributed by atoms with van der Waals surface area (Å²) < 4.78 is 0. The average molecular weight is 139 g/mol. The monoisotopic (exact) mass is 139 g/mol. The molecule has 1 saturated heterocycles. The van der Waals surface area contributed by atoms with Gasteiger partial charge in [-0.3, -0.25) is 0 Å². The van der Waals surface area contributed by atoms with Crippen LogP contribution in [0.15, 0.2) is 0 Å². The van der Waals surface area contributed by atoms with Gasteiger partial charge in [-0.2, -0.15) is 0 Å². The first-order valence-corrected chi connectivity index (χ1v) is 4.36. The van der Waals surface area contributed by atoms with Gasteiger partial charge in [0.2, 0.25) is 0 Å². The molecule has 1 aliphatic heterocycles. The van der Waals surface area contributed by atoms with Crippen LogP contribution in [-0.2, 0) is 0 Å². The molecule has 0 aromatic rings. The van der Waals surface area contributed by atoms with Crippen LogP contribution in [0.5, 0.6) is 0 Å². The average Bonchev–Trinajstić information content (AvgIpc) is 2.41. The molecule has 58 valence electrons. The van der Waals surface area contributed by atoms with Crippen molar-refractivity contribution in [2.45, 2.75) is 32.6 Å². The van der Waals surface area contributed by atoms with Crippen LogP contribution in [-0.4, -0.2) is 24.5 Å². The molecule has 0 aromatic heterocycles. The van der Waals surface area contributed by atoms with E-state index in [2.05, 4.69) is 18.2 Å². The third-order valence-corrected chi connectivity index (χ3v) is 2.02. The van der Waals surface area contributed by atoms with E-state index in [-0.39, 0.29) is 0 Å². The Hall–Kier alpha value is -0.0400. The van der Waals surface area contributed by atoms with Crippen molar-refractivity contribution < 1.29 is 0 Å². The summed E-state index contributed by atoms with van der Waals surface area (Å²) in [5.74, 6) is 0. The minimum absolute atomic E-state index is 1.11. The largest absolute Gasteiger partial charge is 0.303 e. The van der Waals surface area contributed by atoms with Gasteiger partial charge in [0.05, 0.1) is 0 Å². The molecule has 0 N–H and O–H groups in total. The van der Waals surface area contributed by atoms with E-state index >= 15 is 0 Å². The van der Waals surface area contributed by atoms with Crippen molar-refractivity contribution in [1.29, 1.82) is 0 Å². The van der Waals surface area contributed by atoms with Gasteiger partial charge in [-0.15, -0.1) is 0 Å². The maximum Gasteiger partial charge on any atom is 0.00505 e. The van der Waals surface area contributed by atoms with Crippen molar-refractivity contribution in [3.63, 3.8) is 0 Å². The molecular weight excluding hydrogens is 122 g/mol. The normalized spacial score (nSPS) is 20.1. The van der Waals surface area contributed by atoms with E-state index in [0.717, 1.165) is 6.54 Å². The Balaban J connectivity index is 1.91. The van der Waals surface area contributed by atoms with Gasteiger partial charge in [-0.25, -0.2) is 0 Å². The molecular formula is C9H17N. The van der Waals surface area contributed by atoms with Gasteiger partial charge in [-0.05, 0) is 32.4 Å². The zero-order valence-electron chi connectivity index (χ0n) is 6.90. The van der Waals surface area contributed by atoms with Crippen molar-refractivity contribution in [3.8, 4) is 0 Å². The Bertz CT molecular complexity index is 74.8. The molecule has 0 unspecified atom stereocenters. The lowest BCUT2D eigenvalue weighted by molar-refractivity contribution is 0.334. The van der Waals surface area contributed by atoms with Crippen LogP contribution >= 0.6 is 0 Å². The van der Waals surface area contributed by atoms with E-state index in [4.69, 9.17) is 0 Å². The van der Waals surface area contributed by atoms with Gasteiger partial charge in [0.1, 0.15) is 0 Å². The number of nitrogens with zero attached hydrogens (tertiary/aromatic N) is 1. The Morgan fingerprint density at radius 3 is 2.90 bits per heavy atom. The lowest BCUT2D eigenvalue weighted by atomic mass is 10.2. The van der Waals surface area contributed by atoms with Crippen LogP contribution < -0.4 is 0 Å². The summed E-state index contributed by atoms with van der Waals surface area (Å²) in [5.41, 5.74) is 0. The molecule has 1 nitrogen and oxygen atoms in total. The highest BCUT2D eigenvalue weighted by Crippen LogP contribution is 2.07. The molecule has 0 bridgehead atoms. The fourth-order valence-electron chi connectivity index (χ4n) is 1.33. The third kappa shape index (κ3) is 2.70. The summed E-state index contributed by atoms with van der Waals surface area (Å²) in [7, 11) is 0. The van der Waals surface area contributed by atoms with Gasteiger partial charge >= 0.3 is 0 Å². The van der Waals surface area contributed by atoms with Crippen molar-refractivity contribution in [1.82, 2.24) is 4.90 Å². The topological polar surface area (TPSA) is 3.24 Å². The van der Waals surface area contributed by atoms with E-state index in [0.29, 0.717) is 0 Å². The fourth-order valence-corrected chi connectivity index (χ4v) is 1.33. The summed E-state index contributed by atoms with van der Waals surface area (Å²) >= 11 is 0. The van der Waals surface area contributed by atoms with E-state index in [9.17, 15) is 0 Å². The Morgan fingerprint density at radius 1 is 1.40 bits per heavy atom. The van der Waals surface area contributed by atoms with E-state index in [1.54, 1.807) is 0 Å². The number of unbranched alkanes of at least 4 members (excludes halogenated alkanes) is 2. The highest BCUT2D eigenvalue weighted by molar-refractivity contribution is 4.80. The first-order valence-electron chi connectivity index (χ1n) is 4.36. The summed E-state index contributed by atoms with van der Waals surface area (Å²) in [6.07, 6.45) is 8.60. The zero-order valence-corrected chi connectivity index (χ0v) is 6.90. The molecule has 0 atom stereocenters. The SMILES string of the molecule is CCCCCN1C[C]CC1. The van der Waals surface area contributed by atoms with Gasteiger partial charge in [0.25, 0.3) is 0 Å².